The molecule has 0 unspecified atom stereocenters. The Bertz CT molecular complexity index is 615. The largest absolute Gasteiger partial charge is 0.496 e. The lowest BCUT2D eigenvalue weighted by Crippen LogP contribution is -2.25. The van der Waals surface area contributed by atoms with E-state index in [-0.39, 0.29) is 12.1 Å². The number of hydrogen-bond acceptors (Lipinski definition) is 5. The lowest BCUT2D eigenvalue weighted by Gasteiger charge is -2.23. The fourth-order valence-corrected chi connectivity index (χ4v) is 3.14. The minimum absolute atomic E-state index is 0.207. The average Bonchev–Trinajstić information content (AvgIpc) is 3.18. The zero-order valence-corrected chi connectivity index (χ0v) is 13.2. The maximum atomic E-state index is 5.55. The van der Waals surface area contributed by atoms with Gasteiger partial charge in [-0.3, -0.25) is 10.00 Å². The number of benzene rings is 1. The van der Waals surface area contributed by atoms with Crippen LogP contribution >= 0.6 is 0 Å². The zero-order valence-electron chi connectivity index (χ0n) is 13.2. The third-order valence-electron chi connectivity index (χ3n) is 4.44. The van der Waals surface area contributed by atoms with Crippen LogP contribution in [-0.4, -0.2) is 46.9 Å². The molecule has 118 valence electrons. The number of methoxy groups -OCH3 is 2. The molecule has 1 aromatic heterocycles. The van der Waals surface area contributed by atoms with E-state index in [1.54, 1.807) is 20.5 Å². The minimum Gasteiger partial charge on any atom is -0.496 e. The van der Waals surface area contributed by atoms with E-state index in [1.165, 1.54) is 11.1 Å². The summed E-state index contributed by atoms with van der Waals surface area (Å²) < 4.78 is 11.0. The monoisotopic (exact) mass is 302 g/mol. The first-order valence-corrected chi connectivity index (χ1v) is 7.47. The van der Waals surface area contributed by atoms with Crippen molar-refractivity contribution in [3.63, 3.8) is 0 Å². The van der Waals surface area contributed by atoms with E-state index in [9.17, 15) is 0 Å². The van der Waals surface area contributed by atoms with Crippen molar-refractivity contribution in [3.05, 3.63) is 41.5 Å². The highest BCUT2D eigenvalue weighted by atomic mass is 16.5. The fourth-order valence-electron chi connectivity index (χ4n) is 3.14. The number of likely N-dealkylation sites (tertiary alicyclic amines) is 1. The molecular formula is C16H22N4O2. The molecule has 22 heavy (non-hydrogen) atoms. The minimum atomic E-state index is 0.207. The molecular weight excluding hydrogens is 280 g/mol. The summed E-state index contributed by atoms with van der Waals surface area (Å²) in [6.07, 6.45) is 2.71. The van der Waals surface area contributed by atoms with E-state index in [0.29, 0.717) is 0 Å². The third-order valence-corrected chi connectivity index (χ3v) is 4.44. The quantitative estimate of drug-likeness (QED) is 0.916. The first-order chi connectivity index (χ1) is 10.7. The van der Waals surface area contributed by atoms with Gasteiger partial charge in [-0.15, -0.1) is 0 Å². The molecule has 0 saturated carbocycles. The molecule has 1 aliphatic rings. The molecule has 1 N–H and O–H groups in total. The molecule has 0 radical (unpaired) electrons. The molecule has 1 aromatic carbocycles. The van der Waals surface area contributed by atoms with E-state index in [1.807, 2.05) is 12.1 Å². The molecule has 2 atom stereocenters. The van der Waals surface area contributed by atoms with Gasteiger partial charge in [0.05, 0.1) is 19.3 Å². The Kier molecular flexibility index (Phi) is 4.40. The molecule has 0 bridgehead atoms. The van der Waals surface area contributed by atoms with Crippen LogP contribution < -0.4 is 4.74 Å². The zero-order chi connectivity index (χ0) is 15.5. The van der Waals surface area contributed by atoms with Crippen molar-refractivity contribution >= 4 is 0 Å². The van der Waals surface area contributed by atoms with Gasteiger partial charge in [0.2, 0.25) is 0 Å². The number of hydrogen-bond donors (Lipinski definition) is 1. The molecule has 1 aliphatic heterocycles. The smallest absolute Gasteiger partial charge is 0.141 e. The van der Waals surface area contributed by atoms with Crippen LogP contribution in [0.3, 0.4) is 0 Å². The van der Waals surface area contributed by atoms with E-state index in [4.69, 9.17) is 9.47 Å². The van der Waals surface area contributed by atoms with Gasteiger partial charge < -0.3 is 9.47 Å². The standard InChI is InChI=1S/C16H22N4O2/c1-11-12(5-4-6-15(11)22-3)8-20-9-13(21-2)7-14(20)16-17-10-18-19-16/h4-6,10,13-14H,7-9H2,1-3H3,(H,17,18,19)/t13-,14+/m1/s1. The second-order valence-corrected chi connectivity index (χ2v) is 5.65. The lowest BCUT2D eigenvalue weighted by molar-refractivity contribution is 0.107. The number of nitrogens with one attached hydrogen (secondary N) is 1. The third kappa shape index (κ3) is 2.84. The van der Waals surface area contributed by atoms with E-state index < -0.39 is 0 Å². The Morgan fingerprint density at radius 2 is 2.23 bits per heavy atom. The predicted octanol–water partition coefficient (Wildman–Crippen LogP) is 2.08. The van der Waals surface area contributed by atoms with E-state index in [0.717, 1.165) is 31.1 Å². The molecule has 2 aromatic rings. The van der Waals surface area contributed by atoms with Gasteiger partial charge in [0.1, 0.15) is 17.9 Å². The van der Waals surface area contributed by atoms with Gasteiger partial charge in [-0.25, -0.2) is 4.98 Å². The average molecular weight is 302 g/mol. The Balaban J connectivity index is 1.83. The molecule has 1 fully saturated rings. The second-order valence-electron chi connectivity index (χ2n) is 5.65. The molecule has 6 nitrogen and oxygen atoms in total. The SMILES string of the molecule is COc1cccc(CN2C[C@H](OC)C[C@H]2c2ncn[nH]2)c1C. The molecule has 2 heterocycles. The van der Waals surface area contributed by atoms with Gasteiger partial charge in [0, 0.05) is 20.2 Å². The molecule has 0 amide bonds. The van der Waals surface area contributed by atoms with Crippen LogP contribution in [-0.2, 0) is 11.3 Å². The van der Waals surface area contributed by atoms with Crippen molar-refractivity contribution in [1.82, 2.24) is 20.1 Å². The molecule has 0 aliphatic carbocycles. The Labute approximate surface area is 130 Å². The number of rotatable bonds is 5. The molecule has 1 saturated heterocycles. The van der Waals surface area contributed by atoms with Crippen LogP contribution in [0.4, 0.5) is 0 Å². The van der Waals surface area contributed by atoms with Gasteiger partial charge in [-0.2, -0.15) is 5.10 Å². The normalized spacial score (nSPS) is 22.1. The van der Waals surface area contributed by atoms with E-state index >= 15 is 0 Å². The van der Waals surface area contributed by atoms with Crippen LogP contribution in [0.1, 0.15) is 29.4 Å². The predicted molar refractivity (Wildman–Crippen MR) is 82.7 cm³/mol. The van der Waals surface area contributed by atoms with Crippen molar-refractivity contribution in [1.29, 1.82) is 0 Å². The number of ether oxygens (including phenoxy) is 2. The molecule has 0 spiro atoms. The summed E-state index contributed by atoms with van der Waals surface area (Å²) in [5.41, 5.74) is 2.45. The van der Waals surface area contributed by atoms with Crippen LogP contribution in [0.25, 0.3) is 0 Å². The molecule has 6 heteroatoms. The number of aromatic nitrogens is 3. The van der Waals surface area contributed by atoms with Crippen molar-refractivity contribution in [2.45, 2.75) is 32.0 Å². The highest BCUT2D eigenvalue weighted by Gasteiger charge is 2.35. The van der Waals surface area contributed by atoms with Crippen molar-refractivity contribution < 1.29 is 9.47 Å². The summed E-state index contributed by atoms with van der Waals surface area (Å²) in [5.74, 6) is 1.83. The van der Waals surface area contributed by atoms with Gasteiger partial charge in [0.25, 0.3) is 0 Å². The van der Waals surface area contributed by atoms with Gasteiger partial charge in [0.15, 0.2) is 0 Å². The van der Waals surface area contributed by atoms with Crippen LogP contribution in [0.5, 0.6) is 5.75 Å². The topological polar surface area (TPSA) is 63.3 Å². The van der Waals surface area contributed by atoms with Crippen molar-refractivity contribution in [2.75, 3.05) is 20.8 Å². The van der Waals surface area contributed by atoms with Crippen LogP contribution in [0, 0.1) is 6.92 Å². The van der Waals surface area contributed by atoms with Crippen molar-refractivity contribution in [3.8, 4) is 5.75 Å². The second kappa shape index (κ2) is 6.46. The number of aromatic amines is 1. The van der Waals surface area contributed by atoms with Gasteiger partial charge in [-0.1, -0.05) is 12.1 Å². The maximum absolute atomic E-state index is 5.55. The Morgan fingerprint density at radius 1 is 1.36 bits per heavy atom. The number of nitrogens with zero attached hydrogens (tertiary/aromatic N) is 3. The van der Waals surface area contributed by atoms with Crippen LogP contribution in [0.2, 0.25) is 0 Å². The first-order valence-electron chi connectivity index (χ1n) is 7.47. The summed E-state index contributed by atoms with van der Waals surface area (Å²) in [7, 11) is 3.47. The van der Waals surface area contributed by atoms with Crippen LogP contribution in [0.15, 0.2) is 24.5 Å². The lowest BCUT2D eigenvalue weighted by atomic mass is 10.1. The summed E-state index contributed by atoms with van der Waals surface area (Å²) in [5, 5.41) is 6.97. The summed E-state index contributed by atoms with van der Waals surface area (Å²) in [4.78, 5) is 6.71. The summed E-state index contributed by atoms with van der Waals surface area (Å²) >= 11 is 0. The highest BCUT2D eigenvalue weighted by Crippen LogP contribution is 2.33. The first kappa shape index (κ1) is 15.0. The van der Waals surface area contributed by atoms with Crippen molar-refractivity contribution in [2.24, 2.45) is 0 Å². The Morgan fingerprint density at radius 3 is 2.91 bits per heavy atom. The molecule has 3 rings (SSSR count). The highest BCUT2D eigenvalue weighted by molar-refractivity contribution is 5.39. The number of H-pyrrole nitrogens is 1. The fraction of sp³-hybridized carbons (Fsp3) is 0.500. The summed E-state index contributed by atoms with van der Waals surface area (Å²) in [6.45, 7) is 3.83. The van der Waals surface area contributed by atoms with Gasteiger partial charge >= 0.3 is 0 Å². The maximum Gasteiger partial charge on any atom is 0.141 e. The Hall–Kier alpha value is -1.92. The summed E-state index contributed by atoms with van der Waals surface area (Å²) in [6, 6.07) is 6.39. The van der Waals surface area contributed by atoms with E-state index in [2.05, 4.69) is 33.1 Å². The van der Waals surface area contributed by atoms with Gasteiger partial charge in [-0.05, 0) is 30.5 Å².